The maximum atomic E-state index is 10.9. The number of aromatic carboxylic acids is 1. The van der Waals surface area contributed by atoms with Crippen molar-refractivity contribution in [1.82, 2.24) is 0 Å². The van der Waals surface area contributed by atoms with Gasteiger partial charge in [-0.2, -0.15) is 0 Å². The third-order valence-electron chi connectivity index (χ3n) is 1.70. The molecule has 3 N–H and O–H groups in total. The van der Waals surface area contributed by atoms with Crippen molar-refractivity contribution in [3.63, 3.8) is 0 Å². The summed E-state index contributed by atoms with van der Waals surface area (Å²) in [5, 5.41) is 19.0. The molecule has 0 saturated carbocycles. The number of carboxylic acid groups (broad SMARTS) is 1. The zero-order valence-corrected chi connectivity index (χ0v) is 9.48. The van der Waals surface area contributed by atoms with Crippen molar-refractivity contribution in [2.24, 2.45) is 0 Å². The summed E-state index contributed by atoms with van der Waals surface area (Å²) in [7, 11) is 0. The van der Waals surface area contributed by atoms with Crippen molar-refractivity contribution in [2.75, 3.05) is 0 Å². The van der Waals surface area contributed by atoms with Gasteiger partial charge >= 0.3 is 90.8 Å². The van der Waals surface area contributed by atoms with E-state index in [1.807, 2.05) is 0 Å². The molecule has 16 heavy (non-hydrogen) atoms. The first-order valence-corrected chi connectivity index (χ1v) is 7.19. The van der Waals surface area contributed by atoms with Crippen LogP contribution in [0.1, 0.15) is 10.4 Å². The summed E-state index contributed by atoms with van der Waals surface area (Å²) in [5.41, 5.74) is -1.20. The molecular formula is C7H6AsNO7. The Hall–Kier alpha value is -1.63. The van der Waals surface area contributed by atoms with Crippen LogP contribution in [0.5, 0.6) is 0 Å². The molecule has 0 amide bonds. The summed E-state index contributed by atoms with van der Waals surface area (Å²) in [6, 6.07) is 2.14. The third-order valence-corrected chi connectivity index (χ3v) is 3.65. The average Bonchev–Trinajstić information content (AvgIpc) is 2.15. The van der Waals surface area contributed by atoms with Gasteiger partial charge in [-0.25, -0.2) is 0 Å². The fourth-order valence-corrected chi connectivity index (χ4v) is 2.27. The molecule has 0 radical (unpaired) electrons. The molecule has 1 rings (SSSR count). The minimum atomic E-state index is -5.35. The Kier molecular flexibility index (Phi) is 3.18. The van der Waals surface area contributed by atoms with E-state index in [-0.39, 0.29) is 0 Å². The number of carboxylic acids is 1. The number of hydrogen-bond acceptors (Lipinski definition) is 4. The number of rotatable bonds is 3. The number of hydrogen-bond donors (Lipinski definition) is 3. The van der Waals surface area contributed by atoms with Crippen LogP contribution in [0.25, 0.3) is 0 Å². The molecule has 1 aromatic carbocycles. The monoisotopic (exact) mass is 291 g/mol. The molecule has 0 saturated heterocycles. The van der Waals surface area contributed by atoms with E-state index in [2.05, 4.69) is 0 Å². The van der Waals surface area contributed by atoms with E-state index in [9.17, 15) is 18.6 Å². The molecule has 8 nitrogen and oxygen atoms in total. The summed E-state index contributed by atoms with van der Waals surface area (Å²) in [5.74, 6) is -1.49. The van der Waals surface area contributed by atoms with Gasteiger partial charge in [-0.05, 0) is 0 Å². The number of nitro groups is 1. The van der Waals surface area contributed by atoms with Crippen LogP contribution >= 0.6 is 0 Å². The van der Waals surface area contributed by atoms with Crippen LogP contribution in [0, 0.1) is 10.1 Å². The van der Waals surface area contributed by atoms with E-state index < -0.39 is 40.7 Å². The van der Waals surface area contributed by atoms with E-state index in [1.165, 1.54) is 0 Å². The molecule has 0 aliphatic carbocycles. The molecule has 9 heteroatoms. The molecule has 0 spiro atoms. The summed E-state index contributed by atoms with van der Waals surface area (Å²) in [6.45, 7) is 0. The van der Waals surface area contributed by atoms with Crippen LogP contribution < -0.4 is 4.35 Å². The molecule has 86 valence electrons. The number of nitrogens with zero attached hydrogens (tertiary/aromatic N) is 1. The van der Waals surface area contributed by atoms with Gasteiger partial charge < -0.3 is 0 Å². The van der Waals surface area contributed by atoms with Crippen LogP contribution in [-0.4, -0.2) is 38.4 Å². The van der Waals surface area contributed by atoms with Gasteiger partial charge in [0, 0.05) is 0 Å². The van der Waals surface area contributed by atoms with Gasteiger partial charge in [-0.15, -0.1) is 0 Å². The number of non-ortho nitro benzene ring substituents is 1. The van der Waals surface area contributed by atoms with Gasteiger partial charge in [0.25, 0.3) is 0 Å². The van der Waals surface area contributed by atoms with Crippen LogP contribution in [0.3, 0.4) is 0 Å². The Bertz CT molecular complexity index is 473. The molecule has 0 fully saturated rings. The molecule has 0 aliphatic heterocycles. The standard InChI is InChI=1S/C7H6AsNO7/c10-7(11)4-1-5(8(12,13)14)3-6(2-4)9(15)16/h1-3H,(H,10,11)(H2,12,13,14). The predicted molar refractivity (Wildman–Crippen MR) is 50.6 cm³/mol. The Morgan fingerprint density at radius 1 is 1.31 bits per heavy atom. The van der Waals surface area contributed by atoms with E-state index in [0.717, 1.165) is 12.1 Å². The minimum absolute atomic E-state index is 0.533. The molecule has 0 bridgehead atoms. The van der Waals surface area contributed by atoms with Crippen LogP contribution in [0.4, 0.5) is 5.69 Å². The molecule has 1 aromatic rings. The van der Waals surface area contributed by atoms with Gasteiger partial charge in [0.2, 0.25) is 0 Å². The zero-order valence-electron chi connectivity index (χ0n) is 7.60. The first kappa shape index (κ1) is 12.4. The van der Waals surface area contributed by atoms with Gasteiger partial charge in [0.05, 0.1) is 0 Å². The van der Waals surface area contributed by atoms with Crippen molar-refractivity contribution in [2.45, 2.75) is 0 Å². The van der Waals surface area contributed by atoms with E-state index >= 15 is 0 Å². The first-order valence-electron chi connectivity index (χ1n) is 3.80. The molecule has 0 aliphatic rings. The third kappa shape index (κ3) is 2.69. The van der Waals surface area contributed by atoms with Crippen LogP contribution in [0.15, 0.2) is 18.2 Å². The van der Waals surface area contributed by atoms with Crippen molar-refractivity contribution in [3.8, 4) is 0 Å². The van der Waals surface area contributed by atoms with E-state index in [4.69, 9.17) is 13.3 Å². The second kappa shape index (κ2) is 4.09. The summed E-state index contributed by atoms with van der Waals surface area (Å²) in [4.78, 5) is 20.1. The Balaban J connectivity index is 3.48. The fraction of sp³-hybridized carbons (Fsp3) is 0. The zero-order chi connectivity index (χ0) is 12.5. The van der Waals surface area contributed by atoms with E-state index in [1.54, 1.807) is 0 Å². The summed E-state index contributed by atoms with van der Waals surface area (Å²) < 4.78 is 28.0. The average molecular weight is 291 g/mol. The van der Waals surface area contributed by atoms with Gasteiger partial charge in [0.1, 0.15) is 0 Å². The normalized spacial score (nSPS) is 11.1. The molecule has 0 aromatic heterocycles. The van der Waals surface area contributed by atoms with Crippen LogP contribution in [-0.2, 0) is 3.74 Å². The molecule has 0 atom stereocenters. The van der Waals surface area contributed by atoms with E-state index in [0.29, 0.717) is 6.07 Å². The molecular weight excluding hydrogens is 285 g/mol. The Morgan fingerprint density at radius 3 is 2.25 bits per heavy atom. The van der Waals surface area contributed by atoms with Crippen molar-refractivity contribution in [3.05, 3.63) is 33.9 Å². The van der Waals surface area contributed by atoms with Gasteiger partial charge in [0.15, 0.2) is 0 Å². The number of carbonyl (C=O) groups is 1. The first-order chi connectivity index (χ1) is 7.21. The quantitative estimate of drug-likeness (QED) is 0.363. The van der Waals surface area contributed by atoms with Gasteiger partial charge in [-0.1, -0.05) is 0 Å². The molecule has 0 heterocycles. The predicted octanol–water partition coefficient (Wildman–Crippen LogP) is -1.15. The number of benzene rings is 1. The van der Waals surface area contributed by atoms with Crippen molar-refractivity contribution >= 4 is 30.2 Å². The van der Waals surface area contributed by atoms with Crippen LogP contribution in [0.2, 0.25) is 0 Å². The SMILES string of the molecule is O=C(O)c1cc([N+](=O)[O-])cc([As](=O)(O)O)c1. The Morgan fingerprint density at radius 2 is 1.88 bits per heavy atom. The summed E-state index contributed by atoms with van der Waals surface area (Å²) in [6.07, 6.45) is 0. The van der Waals surface area contributed by atoms with Crippen molar-refractivity contribution < 1.29 is 26.8 Å². The summed E-state index contributed by atoms with van der Waals surface area (Å²) >= 11 is -5.35. The Labute approximate surface area is 91.3 Å². The maximum absolute atomic E-state index is 10.9. The molecule has 0 unspecified atom stereocenters. The number of nitro benzene ring substituents is 1. The fourth-order valence-electron chi connectivity index (χ4n) is 0.992. The second-order valence-corrected chi connectivity index (χ2v) is 6.21. The second-order valence-electron chi connectivity index (χ2n) is 2.84. The topological polar surface area (TPSA) is 138 Å². The van der Waals surface area contributed by atoms with Crippen molar-refractivity contribution in [1.29, 1.82) is 0 Å². The van der Waals surface area contributed by atoms with Gasteiger partial charge in [-0.3, -0.25) is 0 Å².